The molecule has 1 atom stereocenters. The molecule has 2 amide bonds. The summed E-state index contributed by atoms with van der Waals surface area (Å²) in [6, 6.07) is 13.4. The lowest BCUT2D eigenvalue weighted by molar-refractivity contribution is -0.274. The van der Waals surface area contributed by atoms with E-state index >= 15 is 0 Å². The summed E-state index contributed by atoms with van der Waals surface area (Å²) in [6.45, 7) is 9.80. The third kappa shape index (κ3) is 11.4. The van der Waals surface area contributed by atoms with E-state index in [0.29, 0.717) is 55.1 Å². The SMILES string of the molecule is CC(C)(C)OC(=O)NCC[C@H]1CNC(=O)c2c(-c3ccc(CN4CCOCC4)cc3)c(-c3cccc(OC(F)(F)F)c3)cn21.O=C(O)C(F)(F)F. The number of alkyl carbamates (subject to hydrolysis) is 1. The number of alkyl halides is 6. The highest BCUT2D eigenvalue weighted by atomic mass is 19.4. The first-order valence-electron chi connectivity index (χ1n) is 15.9. The molecule has 1 fully saturated rings. The molecule has 0 radical (unpaired) electrons. The van der Waals surface area contributed by atoms with Crippen LogP contribution in [0.2, 0.25) is 0 Å². The number of ether oxygens (including phenoxy) is 3. The highest BCUT2D eigenvalue weighted by molar-refractivity contribution is 6.05. The lowest BCUT2D eigenvalue weighted by Gasteiger charge is -2.28. The molecule has 278 valence electrons. The summed E-state index contributed by atoms with van der Waals surface area (Å²) in [6.07, 6.45) is -8.18. The Bertz CT molecular complexity index is 1680. The van der Waals surface area contributed by atoms with Gasteiger partial charge in [0.2, 0.25) is 0 Å². The molecule has 2 aromatic carbocycles. The minimum Gasteiger partial charge on any atom is -0.475 e. The van der Waals surface area contributed by atoms with E-state index in [4.69, 9.17) is 19.4 Å². The van der Waals surface area contributed by atoms with Crippen LogP contribution >= 0.6 is 0 Å². The standard InChI is InChI=1S/C32H37F3N4O5.C2HF3O2/c1-31(2,3)44-30(41)36-12-11-24-18-37-29(40)28-27(22-9-7-21(8-10-22)19-38-13-15-42-16-14-38)26(20-39(24)28)23-5-4-6-25(17-23)43-32(33,34)35;3-2(4,5)1(6)7/h4-10,17,20,24H,11-16,18-19H2,1-3H3,(H,36,41)(H,37,40);(H,6,7)/t24-;/m0./s1. The smallest absolute Gasteiger partial charge is 0.475 e. The first kappa shape index (κ1) is 39.0. The number of hydrogen-bond donors (Lipinski definition) is 3. The Hall–Kier alpha value is -4.77. The van der Waals surface area contributed by atoms with Gasteiger partial charge in [-0.15, -0.1) is 13.2 Å². The van der Waals surface area contributed by atoms with E-state index in [-0.39, 0.29) is 17.7 Å². The van der Waals surface area contributed by atoms with Crippen molar-refractivity contribution in [1.29, 1.82) is 0 Å². The van der Waals surface area contributed by atoms with Crippen LogP contribution in [0.4, 0.5) is 31.1 Å². The minimum atomic E-state index is -5.08. The fraction of sp³-hybridized carbons (Fsp3) is 0.441. The molecule has 2 aliphatic heterocycles. The van der Waals surface area contributed by atoms with Crippen LogP contribution in [-0.4, -0.2) is 90.1 Å². The summed E-state index contributed by atoms with van der Waals surface area (Å²) in [5.74, 6) is -3.40. The average Bonchev–Trinajstić information content (AvgIpc) is 3.43. The highest BCUT2D eigenvalue weighted by Crippen LogP contribution is 2.41. The number of benzene rings is 2. The molecule has 1 saturated heterocycles. The van der Waals surface area contributed by atoms with Crippen molar-refractivity contribution >= 4 is 18.0 Å². The number of nitrogens with zero attached hydrogens (tertiary/aromatic N) is 2. The number of rotatable bonds is 8. The van der Waals surface area contributed by atoms with Crippen molar-refractivity contribution in [3.63, 3.8) is 0 Å². The van der Waals surface area contributed by atoms with Gasteiger partial charge in [-0.3, -0.25) is 9.69 Å². The summed E-state index contributed by atoms with van der Waals surface area (Å²) in [5.41, 5.74) is 3.29. The summed E-state index contributed by atoms with van der Waals surface area (Å²) in [4.78, 5) is 36.8. The quantitative estimate of drug-likeness (QED) is 0.228. The molecule has 1 aromatic heterocycles. The zero-order valence-electron chi connectivity index (χ0n) is 28.0. The molecule has 0 bridgehead atoms. The second-order valence-corrected chi connectivity index (χ2v) is 12.7. The number of halogens is 6. The van der Waals surface area contributed by atoms with Crippen molar-refractivity contribution in [2.24, 2.45) is 0 Å². The van der Waals surface area contributed by atoms with Gasteiger partial charge < -0.3 is 34.5 Å². The maximum atomic E-state index is 13.4. The van der Waals surface area contributed by atoms with Crippen LogP contribution in [-0.2, 0) is 20.8 Å². The number of carboxylic acids is 1. The van der Waals surface area contributed by atoms with E-state index in [9.17, 15) is 35.9 Å². The maximum absolute atomic E-state index is 13.4. The van der Waals surface area contributed by atoms with E-state index in [1.807, 2.05) is 28.8 Å². The monoisotopic (exact) mass is 728 g/mol. The Morgan fingerprint density at radius 3 is 2.24 bits per heavy atom. The normalized spacial score (nSPS) is 16.6. The molecule has 0 spiro atoms. The average molecular weight is 729 g/mol. The van der Waals surface area contributed by atoms with Crippen LogP contribution in [0.25, 0.3) is 22.3 Å². The molecule has 5 rings (SSSR count). The number of fused-ring (bicyclic) bond motifs is 1. The van der Waals surface area contributed by atoms with E-state index < -0.39 is 30.2 Å². The van der Waals surface area contributed by atoms with Gasteiger partial charge in [-0.25, -0.2) is 9.59 Å². The molecule has 0 unspecified atom stereocenters. The third-order valence-electron chi connectivity index (χ3n) is 7.66. The number of hydrogen-bond acceptors (Lipinski definition) is 7. The second-order valence-electron chi connectivity index (χ2n) is 12.7. The third-order valence-corrected chi connectivity index (χ3v) is 7.66. The van der Waals surface area contributed by atoms with Gasteiger partial charge >= 0.3 is 24.6 Å². The van der Waals surface area contributed by atoms with Crippen molar-refractivity contribution in [2.75, 3.05) is 39.4 Å². The number of carbonyl (C=O) groups excluding carboxylic acids is 2. The van der Waals surface area contributed by atoms with Gasteiger partial charge in [0.25, 0.3) is 5.91 Å². The summed E-state index contributed by atoms with van der Waals surface area (Å²) in [5, 5.41) is 12.8. The van der Waals surface area contributed by atoms with E-state index in [1.165, 1.54) is 18.2 Å². The van der Waals surface area contributed by atoms with Crippen molar-refractivity contribution in [2.45, 2.75) is 57.9 Å². The first-order valence-corrected chi connectivity index (χ1v) is 15.9. The number of aliphatic carboxylic acids is 1. The van der Waals surface area contributed by atoms with Crippen molar-refractivity contribution in [3.05, 3.63) is 66.0 Å². The van der Waals surface area contributed by atoms with Crippen LogP contribution in [0.5, 0.6) is 5.75 Å². The van der Waals surface area contributed by atoms with Crippen LogP contribution in [0, 0.1) is 0 Å². The molecule has 3 N–H and O–H groups in total. The summed E-state index contributed by atoms with van der Waals surface area (Å²) < 4.78 is 87.7. The van der Waals surface area contributed by atoms with Crippen molar-refractivity contribution in [3.8, 4) is 28.0 Å². The lowest BCUT2D eigenvalue weighted by atomic mass is 9.95. The Morgan fingerprint density at radius 2 is 1.65 bits per heavy atom. The number of carbonyl (C=O) groups is 3. The van der Waals surface area contributed by atoms with Gasteiger partial charge in [-0.2, -0.15) is 13.2 Å². The first-order chi connectivity index (χ1) is 23.8. The number of amides is 2. The predicted octanol–water partition coefficient (Wildman–Crippen LogP) is 6.39. The molecule has 3 heterocycles. The Labute approximate surface area is 289 Å². The summed E-state index contributed by atoms with van der Waals surface area (Å²) >= 11 is 0. The van der Waals surface area contributed by atoms with Gasteiger partial charge in [0.15, 0.2) is 0 Å². The number of nitrogens with one attached hydrogen (secondary N) is 2. The van der Waals surface area contributed by atoms with Gasteiger partial charge in [-0.05, 0) is 56.0 Å². The molecule has 0 saturated carbocycles. The van der Waals surface area contributed by atoms with Crippen LogP contribution in [0.15, 0.2) is 54.7 Å². The van der Waals surface area contributed by atoms with Crippen LogP contribution in [0.3, 0.4) is 0 Å². The number of carboxylic acid groups (broad SMARTS) is 1. The molecule has 11 nitrogen and oxygen atoms in total. The lowest BCUT2D eigenvalue weighted by Crippen LogP contribution is -2.40. The Balaban J connectivity index is 0.000000755. The minimum absolute atomic E-state index is 0.222. The highest BCUT2D eigenvalue weighted by Gasteiger charge is 2.38. The zero-order valence-corrected chi connectivity index (χ0v) is 28.0. The number of morpholine rings is 1. The molecular formula is C34H38F6N4O7. The Morgan fingerprint density at radius 1 is 1.00 bits per heavy atom. The molecular weight excluding hydrogens is 690 g/mol. The molecule has 51 heavy (non-hydrogen) atoms. The van der Waals surface area contributed by atoms with Crippen LogP contribution in [0.1, 0.15) is 49.3 Å². The van der Waals surface area contributed by atoms with E-state index in [1.54, 1.807) is 33.0 Å². The van der Waals surface area contributed by atoms with E-state index in [2.05, 4.69) is 20.3 Å². The predicted molar refractivity (Wildman–Crippen MR) is 172 cm³/mol. The Kier molecular flexibility index (Phi) is 12.3. The maximum Gasteiger partial charge on any atom is 0.573 e. The van der Waals surface area contributed by atoms with Gasteiger partial charge in [-0.1, -0.05) is 36.4 Å². The van der Waals surface area contributed by atoms with Gasteiger partial charge in [0.1, 0.15) is 17.0 Å². The van der Waals surface area contributed by atoms with E-state index in [0.717, 1.165) is 30.8 Å². The number of aromatic nitrogens is 1. The summed E-state index contributed by atoms with van der Waals surface area (Å²) in [7, 11) is 0. The topological polar surface area (TPSA) is 131 Å². The van der Waals surface area contributed by atoms with Gasteiger partial charge in [0.05, 0.1) is 19.3 Å². The van der Waals surface area contributed by atoms with Gasteiger partial charge in [0, 0.05) is 50.0 Å². The second kappa shape index (κ2) is 16.1. The van der Waals surface area contributed by atoms with Crippen molar-refractivity contribution in [1.82, 2.24) is 20.1 Å². The van der Waals surface area contributed by atoms with Crippen molar-refractivity contribution < 1.29 is 60.0 Å². The molecule has 17 heteroatoms. The molecule has 0 aliphatic carbocycles. The largest absolute Gasteiger partial charge is 0.573 e. The zero-order chi connectivity index (χ0) is 37.6. The molecule has 2 aliphatic rings. The fourth-order valence-electron chi connectivity index (χ4n) is 5.50. The fourth-order valence-corrected chi connectivity index (χ4v) is 5.50. The van der Waals surface area contributed by atoms with Crippen LogP contribution < -0.4 is 15.4 Å². The molecule has 3 aromatic rings.